The molecule has 1 aromatic carbocycles. The molecule has 0 fully saturated rings. The van der Waals surface area contributed by atoms with E-state index in [2.05, 4.69) is 34.1 Å². The van der Waals surface area contributed by atoms with E-state index < -0.39 is 15.9 Å². The van der Waals surface area contributed by atoms with Gasteiger partial charge in [0.15, 0.2) is 0 Å². The first kappa shape index (κ1) is 18.1. The quantitative estimate of drug-likeness (QED) is 0.811. The van der Waals surface area contributed by atoms with Crippen molar-refractivity contribution in [2.75, 3.05) is 0 Å². The van der Waals surface area contributed by atoms with Crippen LogP contribution in [0.15, 0.2) is 35.5 Å². The maximum absolute atomic E-state index is 12.4. The summed E-state index contributed by atoms with van der Waals surface area (Å²) in [6.07, 6.45) is 2.39. The number of tetrazole rings is 1. The van der Waals surface area contributed by atoms with Crippen LogP contribution >= 0.6 is 0 Å². The summed E-state index contributed by atoms with van der Waals surface area (Å²) in [5.74, 6) is 0.0705. The molecular weight excluding hydrogens is 330 g/mol. The Kier molecular flexibility index (Phi) is 5.66. The van der Waals surface area contributed by atoms with Gasteiger partial charge in [0.1, 0.15) is 6.33 Å². The van der Waals surface area contributed by atoms with Gasteiger partial charge < -0.3 is 0 Å². The summed E-state index contributed by atoms with van der Waals surface area (Å²) in [6, 6.07) is 6.06. The molecule has 9 heteroatoms. The van der Waals surface area contributed by atoms with Gasteiger partial charge in [0.25, 0.3) is 10.0 Å². The Labute approximate surface area is 141 Å². The zero-order chi connectivity index (χ0) is 17.7. The number of benzene rings is 1. The number of carbonyl (C=O) groups is 1. The molecule has 2 rings (SSSR count). The van der Waals surface area contributed by atoms with Crippen molar-refractivity contribution >= 4 is 15.9 Å². The lowest BCUT2D eigenvalue weighted by Crippen LogP contribution is -2.31. The van der Waals surface area contributed by atoms with Gasteiger partial charge in [-0.2, -0.15) is 0 Å². The fourth-order valence-electron chi connectivity index (χ4n) is 2.53. The van der Waals surface area contributed by atoms with Crippen molar-refractivity contribution in [2.45, 2.75) is 38.5 Å². The van der Waals surface area contributed by atoms with E-state index in [0.717, 1.165) is 6.42 Å². The molecule has 0 bridgehead atoms. The normalized spacial score (nSPS) is 13.0. The summed E-state index contributed by atoms with van der Waals surface area (Å²) < 4.78 is 28.2. The van der Waals surface area contributed by atoms with Crippen LogP contribution in [0.3, 0.4) is 0 Å². The molecule has 1 amide bonds. The van der Waals surface area contributed by atoms with Crippen LogP contribution in [0.4, 0.5) is 0 Å². The first-order valence-corrected chi connectivity index (χ1v) is 9.15. The van der Waals surface area contributed by atoms with Crippen molar-refractivity contribution in [3.8, 4) is 5.69 Å². The first-order chi connectivity index (χ1) is 11.3. The topological polar surface area (TPSA) is 107 Å². The van der Waals surface area contributed by atoms with Crippen molar-refractivity contribution in [1.82, 2.24) is 24.9 Å². The molecule has 1 aromatic heterocycles. The highest BCUT2D eigenvalue weighted by atomic mass is 32.2. The Morgan fingerprint density at radius 1 is 1.29 bits per heavy atom. The van der Waals surface area contributed by atoms with E-state index in [9.17, 15) is 13.2 Å². The Morgan fingerprint density at radius 2 is 2.04 bits per heavy atom. The molecular formula is C15H21N5O3S. The van der Waals surface area contributed by atoms with Gasteiger partial charge in [-0.1, -0.05) is 26.8 Å². The average molecular weight is 351 g/mol. The van der Waals surface area contributed by atoms with Crippen LogP contribution < -0.4 is 4.72 Å². The molecule has 24 heavy (non-hydrogen) atoms. The molecule has 0 radical (unpaired) electrons. The molecule has 0 aliphatic rings. The number of rotatable bonds is 7. The van der Waals surface area contributed by atoms with E-state index in [0.29, 0.717) is 11.6 Å². The fourth-order valence-corrected chi connectivity index (χ4v) is 3.56. The molecule has 0 aliphatic carbocycles. The van der Waals surface area contributed by atoms with Crippen molar-refractivity contribution in [3.63, 3.8) is 0 Å². The average Bonchev–Trinajstić information content (AvgIpc) is 2.99. The third kappa shape index (κ3) is 4.85. The Morgan fingerprint density at radius 3 is 2.67 bits per heavy atom. The minimum atomic E-state index is -3.93. The number of hydrogen-bond donors (Lipinski definition) is 1. The Hall–Kier alpha value is -2.29. The summed E-state index contributed by atoms with van der Waals surface area (Å²) in [4.78, 5) is 12.0. The zero-order valence-electron chi connectivity index (χ0n) is 13.9. The predicted octanol–water partition coefficient (Wildman–Crippen LogP) is 1.54. The predicted molar refractivity (Wildman–Crippen MR) is 87.7 cm³/mol. The van der Waals surface area contributed by atoms with Gasteiger partial charge in [-0.3, -0.25) is 4.79 Å². The molecule has 1 unspecified atom stereocenters. The van der Waals surface area contributed by atoms with Crippen LogP contribution in [0.25, 0.3) is 5.69 Å². The van der Waals surface area contributed by atoms with Crippen LogP contribution in [0.5, 0.6) is 0 Å². The molecule has 130 valence electrons. The van der Waals surface area contributed by atoms with Crippen LogP contribution in [0.1, 0.15) is 33.6 Å². The van der Waals surface area contributed by atoms with Crippen molar-refractivity contribution in [3.05, 3.63) is 30.6 Å². The summed E-state index contributed by atoms with van der Waals surface area (Å²) in [5, 5.41) is 10.7. The van der Waals surface area contributed by atoms with Gasteiger partial charge in [0.2, 0.25) is 5.91 Å². The van der Waals surface area contributed by atoms with E-state index in [-0.39, 0.29) is 17.2 Å². The maximum Gasteiger partial charge on any atom is 0.264 e. The van der Waals surface area contributed by atoms with Crippen molar-refractivity contribution in [2.24, 2.45) is 11.8 Å². The van der Waals surface area contributed by atoms with E-state index in [4.69, 9.17) is 0 Å². The molecule has 8 nitrogen and oxygen atoms in total. The van der Waals surface area contributed by atoms with Gasteiger partial charge in [0, 0.05) is 6.42 Å². The van der Waals surface area contributed by atoms with Crippen LogP contribution in [0, 0.1) is 11.8 Å². The Balaban J connectivity index is 2.10. The summed E-state index contributed by atoms with van der Waals surface area (Å²) in [6.45, 7) is 6.07. The number of sulfonamides is 1. The van der Waals surface area contributed by atoms with Crippen LogP contribution in [-0.2, 0) is 14.8 Å². The zero-order valence-corrected chi connectivity index (χ0v) is 14.7. The lowest BCUT2D eigenvalue weighted by molar-refractivity contribution is -0.120. The van der Waals surface area contributed by atoms with Gasteiger partial charge in [-0.15, -0.1) is 5.10 Å². The highest BCUT2D eigenvalue weighted by Crippen LogP contribution is 2.16. The lowest BCUT2D eigenvalue weighted by atomic mass is 9.96. The van der Waals surface area contributed by atoms with Gasteiger partial charge >= 0.3 is 0 Å². The highest BCUT2D eigenvalue weighted by molar-refractivity contribution is 7.90. The van der Waals surface area contributed by atoms with E-state index in [1.807, 2.05) is 6.92 Å². The Bertz CT molecular complexity index is 787. The number of hydrogen-bond acceptors (Lipinski definition) is 6. The van der Waals surface area contributed by atoms with E-state index in [1.165, 1.54) is 23.1 Å². The second-order valence-corrected chi connectivity index (χ2v) is 7.90. The minimum absolute atomic E-state index is 0.0136. The molecule has 1 heterocycles. The minimum Gasteiger partial charge on any atom is -0.274 e. The SMILES string of the molecule is CC(C)CC(C)CC(=O)NS(=O)(=O)c1cccc(-n2cnnn2)c1. The molecule has 0 saturated carbocycles. The lowest BCUT2D eigenvalue weighted by Gasteiger charge is -2.14. The van der Waals surface area contributed by atoms with Gasteiger partial charge in [-0.05, 0) is 46.9 Å². The summed E-state index contributed by atoms with van der Waals surface area (Å²) in [5.41, 5.74) is 0.489. The number of carbonyl (C=O) groups excluding carboxylic acids is 1. The largest absolute Gasteiger partial charge is 0.274 e. The number of nitrogens with one attached hydrogen (secondary N) is 1. The summed E-state index contributed by atoms with van der Waals surface area (Å²) in [7, 11) is -3.93. The molecule has 1 N–H and O–H groups in total. The smallest absolute Gasteiger partial charge is 0.264 e. The van der Waals surface area contributed by atoms with Crippen molar-refractivity contribution < 1.29 is 13.2 Å². The van der Waals surface area contributed by atoms with E-state index in [1.54, 1.807) is 12.1 Å². The molecule has 0 aliphatic heterocycles. The maximum atomic E-state index is 12.4. The third-order valence-corrected chi connectivity index (χ3v) is 4.77. The number of nitrogens with zero attached hydrogens (tertiary/aromatic N) is 4. The summed E-state index contributed by atoms with van der Waals surface area (Å²) >= 11 is 0. The standard InChI is InChI=1S/C15H21N5O3S/c1-11(2)7-12(3)8-15(21)17-24(22,23)14-6-4-5-13(9-14)20-10-16-18-19-20/h4-6,9-12H,7-8H2,1-3H3,(H,17,21). The third-order valence-electron chi connectivity index (χ3n) is 3.40. The fraction of sp³-hybridized carbons (Fsp3) is 0.467. The van der Waals surface area contributed by atoms with Crippen LogP contribution in [-0.4, -0.2) is 34.5 Å². The van der Waals surface area contributed by atoms with Crippen molar-refractivity contribution in [1.29, 1.82) is 0 Å². The van der Waals surface area contributed by atoms with Gasteiger partial charge in [-0.25, -0.2) is 17.8 Å². The molecule has 0 saturated heterocycles. The van der Waals surface area contributed by atoms with Gasteiger partial charge in [0.05, 0.1) is 10.6 Å². The highest BCUT2D eigenvalue weighted by Gasteiger charge is 2.20. The second-order valence-electron chi connectivity index (χ2n) is 6.22. The molecule has 1 atom stereocenters. The second kappa shape index (κ2) is 7.52. The molecule has 2 aromatic rings. The number of aromatic nitrogens is 4. The van der Waals surface area contributed by atoms with E-state index >= 15 is 0 Å². The first-order valence-electron chi connectivity index (χ1n) is 7.67. The monoisotopic (exact) mass is 351 g/mol. The van der Waals surface area contributed by atoms with Crippen LogP contribution in [0.2, 0.25) is 0 Å². The number of amides is 1. The molecule has 0 spiro atoms.